The van der Waals surface area contributed by atoms with Crippen molar-refractivity contribution in [3.63, 3.8) is 0 Å². The van der Waals surface area contributed by atoms with Gasteiger partial charge in [0.25, 0.3) is 0 Å². The Labute approximate surface area is 288 Å². The molecule has 49 heavy (non-hydrogen) atoms. The number of nitrogens with one attached hydrogen (secondary N) is 3. The molecule has 0 bridgehead atoms. The zero-order valence-corrected chi connectivity index (χ0v) is 28.6. The Hall–Kier alpha value is -4.33. The molecule has 10 N–H and O–H groups in total. The zero-order chi connectivity index (χ0) is 36.0. The van der Waals surface area contributed by atoms with Crippen molar-refractivity contribution in [3.05, 3.63) is 71.8 Å². The van der Waals surface area contributed by atoms with Gasteiger partial charge in [0.05, 0.1) is 6.04 Å². The minimum absolute atomic E-state index is 0.000286. The van der Waals surface area contributed by atoms with Crippen LogP contribution < -0.4 is 33.2 Å². The predicted molar refractivity (Wildman–Crippen MR) is 187 cm³/mol. The van der Waals surface area contributed by atoms with Crippen molar-refractivity contribution in [3.8, 4) is 0 Å². The van der Waals surface area contributed by atoms with Gasteiger partial charge in [-0.05, 0) is 68.5 Å². The Morgan fingerprint density at radius 2 is 1.29 bits per heavy atom. The maximum atomic E-state index is 13.9. The minimum atomic E-state index is -1.40. The molecule has 0 aromatic heterocycles. The van der Waals surface area contributed by atoms with Crippen molar-refractivity contribution in [1.29, 1.82) is 0 Å². The lowest BCUT2D eigenvalue weighted by atomic mass is 9.88. The van der Waals surface area contributed by atoms with Crippen molar-refractivity contribution < 1.29 is 29.1 Å². The van der Waals surface area contributed by atoms with Gasteiger partial charge in [-0.1, -0.05) is 74.5 Å². The number of hydrogen-bond donors (Lipinski definition) is 7. The molecule has 1 saturated heterocycles. The standard InChI is InChI=1S/C36H53N7O6/c1-24(2)21-29(32(45)40-28(15-9-10-18-37)34(47)43-19-16-36(39,17-20-43)35(48)49)42-33(46)30(23-26-13-7-4-8-14-26)41-31(44)27(38)22-25-11-5-3-6-12-25/h3-8,11-14,24,27-30H,9-10,15-23,37-39H2,1-2H3,(H,40,45)(H,41,44)(H,42,46)(H,48,49)/t27-,28-,29+,30+/m0/s1. The lowest BCUT2D eigenvalue weighted by Gasteiger charge is -2.38. The fraction of sp³-hybridized carbons (Fsp3) is 0.528. The molecule has 1 fully saturated rings. The predicted octanol–water partition coefficient (Wildman–Crippen LogP) is 0.833. The summed E-state index contributed by atoms with van der Waals surface area (Å²) in [5.41, 5.74) is 18.2. The SMILES string of the molecule is CC(C)C[C@@H](NC(=O)[C@@H](Cc1ccccc1)NC(=O)[C@@H](N)Cc1ccccc1)C(=O)N[C@@H](CCCCN)C(=O)N1CCC(N)(C(=O)O)CC1. The first-order valence-corrected chi connectivity index (χ1v) is 17.1. The summed E-state index contributed by atoms with van der Waals surface area (Å²) in [5.74, 6) is -3.04. The van der Waals surface area contributed by atoms with E-state index in [1.165, 1.54) is 4.90 Å². The summed E-state index contributed by atoms with van der Waals surface area (Å²) in [7, 11) is 0. The molecule has 13 heteroatoms. The number of rotatable bonds is 18. The van der Waals surface area contributed by atoms with Crippen LogP contribution in [0.1, 0.15) is 63.5 Å². The van der Waals surface area contributed by atoms with Crippen LogP contribution in [-0.4, -0.2) is 88.9 Å². The third-order valence-electron chi connectivity index (χ3n) is 8.85. The molecule has 0 radical (unpaired) electrons. The van der Waals surface area contributed by atoms with Crippen LogP contribution >= 0.6 is 0 Å². The summed E-state index contributed by atoms with van der Waals surface area (Å²) in [6.07, 6.45) is 2.44. The number of carboxylic acid groups (broad SMARTS) is 1. The highest BCUT2D eigenvalue weighted by molar-refractivity contribution is 5.95. The average Bonchev–Trinajstić information content (AvgIpc) is 3.07. The number of carbonyl (C=O) groups is 5. The van der Waals surface area contributed by atoms with E-state index in [0.29, 0.717) is 25.8 Å². The van der Waals surface area contributed by atoms with E-state index in [4.69, 9.17) is 17.2 Å². The molecule has 1 aliphatic rings. The molecular formula is C36H53N7O6. The van der Waals surface area contributed by atoms with Gasteiger partial charge < -0.3 is 43.2 Å². The first kappa shape index (κ1) is 39.1. The molecule has 268 valence electrons. The Kier molecular flexibility index (Phi) is 15.2. The number of carboxylic acids is 1. The highest BCUT2D eigenvalue weighted by Gasteiger charge is 2.40. The number of unbranched alkanes of at least 4 members (excludes halogenated alkanes) is 1. The maximum absolute atomic E-state index is 13.9. The van der Waals surface area contributed by atoms with Crippen LogP contribution in [0.3, 0.4) is 0 Å². The quantitative estimate of drug-likeness (QED) is 0.111. The van der Waals surface area contributed by atoms with Gasteiger partial charge in [-0.3, -0.25) is 24.0 Å². The summed E-state index contributed by atoms with van der Waals surface area (Å²) in [4.78, 5) is 67.7. The topological polar surface area (TPSA) is 223 Å². The molecule has 0 aliphatic carbocycles. The van der Waals surface area contributed by atoms with Crippen LogP contribution in [0.2, 0.25) is 0 Å². The normalized spacial score (nSPS) is 16.6. The zero-order valence-electron chi connectivity index (χ0n) is 28.6. The smallest absolute Gasteiger partial charge is 0.323 e. The van der Waals surface area contributed by atoms with E-state index in [1.54, 1.807) is 0 Å². The third kappa shape index (κ3) is 12.3. The van der Waals surface area contributed by atoms with Crippen molar-refractivity contribution in [2.24, 2.45) is 23.1 Å². The van der Waals surface area contributed by atoms with E-state index in [-0.39, 0.29) is 57.0 Å². The summed E-state index contributed by atoms with van der Waals surface area (Å²) >= 11 is 0. The van der Waals surface area contributed by atoms with Gasteiger partial charge in [-0.15, -0.1) is 0 Å². The molecule has 13 nitrogen and oxygen atoms in total. The number of aliphatic carboxylic acids is 1. The first-order valence-electron chi connectivity index (χ1n) is 17.1. The van der Waals surface area contributed by atoms with Crippen LogP contribution in [0.5, 0.6) is 0 Å². The molecule has 2 aromatic rings. The number of benzene rings is 2. The van der Waals surface area contributed by atoms with Gasteiger partial charge in [0.1, 0.15) is 23.7 Å². The average molecular weight is 680 g/mol. The van der Waals surface area contributed by atoms with E-state index in [1.807, 2.05) is 74.5 Å². The van der Waals surface area contributed by atoms with Gasteiger partial charge in [-0.25, -0.2) is 0 Å². The van der Waals surface area contributed by atoms with E-state index in [2.05, 4.69) is 16.0 Å². The highest BCUT2D eigenvalue weighted by atomic mass is 16.4. The molecule has 0 spiro atoms. The third-order valence-corrected chi connectivity index (χ3v) is 8.85. The number of nitrogens with zero attached hydrogens (tertiary/aromatic N) is 1. The molecule has 0 saturated carbocycles. The summed E-state index contributed by atoms with van der Waals surface area (Å²) in [5, 5.41) is 18.0. The molecule has 4 amide bonds. The van der Waals surface area contributed by atoms with Crippen LogP contribution in [-0.2, 0) is 36.8 Å². The first-order chi connectivity index (χ1) is 23.3. The lowest BCUT2D eigenvalue weighted by Crippen LogP contribution is -2.60. The minimum Gasteiger partial charge on any atom is -0.480 e. The Morgan fingerprint density at radius 3 is 1.82 bits per heavy atom. The molecule has 1 aliphatic heterocycles. The second-order valence-electron chi connectivity index (χ2n) is 13.4. The Morgan fingerprint density at radius 1 is 0.776 bits per heavy atom. The summed E-state index contributed by atoms with van der Waals surface area (Å²) in [6, 6.07) is 14.7. The van der Waals surface area contributed by atoms with Gasteiger partial charge >= 0.3 is 5.97 Å². The summed E-state index contributed by atoms with van der Waals surface area (Å²) in [6.45, 7) is 4.53. The second-order valence-corrected chi connectivity index (χ2v) is 13.4. The van der Waals surface area contributed by atoms with E-state index in [9.17, 15) is 29.1 Å². The van der Waals surface area contributed by atoms with E-state index in [0.717, 1.165) is 11.1 Å². The number of nitrogens with two attached hydrogens (primary N) is 3. The fourth-order valence-corrected chi connectivity index (χ4v) is 5.86. The van der Waals surface area contributed by atoms with Crippen LogP contribution in [0.4, 0.5) is 0 Å². The number of likely N-dealkylation sites (tertiary alicyclic amines) is 1. The molecule has 0 unspecified atom stereocenters. The van der Waals surface area contributed by atoms with E-state index >= 15 is 0 Å². The van der Waals surface area contributed by atoms with Crippen LogP contribution in [0, 0.1) is 5.92 Å². The number of carbonyl (C=O) groups excluding carboxylic acids is 4. The maximum Gasteiger partial charge on any atom is 0.323 e. The van der Waals surface area contributed by atoms with Crippen molar-refractivity contribution in [2.45, 2.75) is 94.9 Å². The summed E-state index contributed by atoms with van der Waals surface area (Å²) < 4.78 is 0. The van der Waals surface area contributed by atoms with Gasteiger partial charge in [0.15, 0.2) is 0 Å². The van der Waals surface area contributed by atoms with Crippen molar-refractivity contribution in [1.82, 2.24) is 20.9 Å². The van der Waals surface area contributed by atoms with Gasteiger partial charge in [0.2, 0.25) is 23.6 Å². The van der Waals surface area contributed by atoms with Crippen molar-refractivity contribution >= 4 is 29.6 Å². The molecule has 2 aromatic carbocycles. The monoisotopic (exact) mass is 679 g/mol. The molecule has 3 rings (SSSR count). The molecular weight excluding hydrogens is 626 g/mol. The van der Waals surface area contributed by atoms with Crippen LogP contribution in [0.25, 0.3) is 0 Å². The number of piperidine rings is 1. The van der Waals surface area contributed by atoms with Gasteiger partial charge in [-0.2, -0.15) is 0 Å². The van der Waals surface area contributed by atoms with E-state index < -0.39 is 53.4 Å². The Balaban J connectivity index is 1.77. The Bertz CT molecular complexity index is 1380. The van der Waals surface area contributed by atoms with Gasteiger partial charge in [0, 0.05) is 19.5 Å². The molecule has 4 atom stereocenters. The largest absolute Gasteiger partial charge is 0.480 e. The lowest BCUT2D eigenvalue weighted by molar-refractivity contribution is -0.148. The van der Waals surface area contributed by atoms with Crippen LogP contribution in [0.15, 0.2) is 60.7 Å². The number of amides is 4. The highest BCUT2D eigenvalue weighted by Crippen LogP contribution is 2.21. The second kappa shape index (κ2) is 19.0. The number of hydrogen-bond acceptors (Lipinski definition) is 8. The fourth-order valence-electron chi connectivity index (χ4n) is 5.86. The van der Waals surface area contributed by atoms with Crippen molar-refractivity contribution in [2.75, 3.05) is 19.6 Å². The molecule has 1 heterocycles.